The van der Waals surface area contributed by atoms with E-state index in [0.717, 1.165) is 36.1 Å². The van der Waals surface area contributed by atoms with Crippen molar-refractivity contribution in [1.82, 2.24) is 4.90 Å². The minimum absolute atomic E-state index is 0.120. The lowest BCUT2D eigenvalue weighted by atomic mass is 9.94. The molecule has 4 heteroatoms. The molecule has 2 rings (SSSR count). The van der Waals surface area contributed by atoms with E-state index in [9.17, 15) is 4.39 Å². The van der Waals surface area contributed by atoms with Gasteiger partial charge in [-0.2, -0.15) is 0 Å². The Morgan fingerprint density at radius 3 is 3.00 bits per heavy atom. The van der Waals surface area contributed by atoms with Crippen LogP contribution in [0.5, 0.6) is 0 Å². The third kappa shape index (κ3) is 3.77. The number of halogens is 2. The number of nitrogens with two attached hydrogens (primary N) is 1. The largest absolute Gasteiger partial charge is 0.330 e. The summed E-state index contributed by atoms with van der Waals surface area (Å²) in [6.07, 6.45) is 3.54. The molecule has 1 aromatic carbocycles. The van der Waals surface area contributed by atoms with Crippen LogP contribution < -0.4 is 5.73 Å². The van der Waals surface area contributed by atoms with Gasteiger partial charge in [0.2, 0.25) is 0 Å². The van der Waals surface area contributed by atoms with E-state index >= 15 is 0 Å². The molecule has 0 aromatic heterocycles. The second-order valence-corrected chi connectivity index (χ2v) is 5.97. The van der Waals surface area contributed by atoms with Gasteiger partial charge in [-0.1, -0.05) is 22.0 Å². The van der Waals surface area contributed by atoms with Crippen molar-refractivity contribution in [3.05, 3.63) is 34.1 Å². The van der Waals surface area contributed by atoms with Crippen molar-refractivity contribution in [3.8, 4) is 0 Å². The number of hydrogen-bond donors (Lipinski definition) is 1. The maximum absolute atomic E-state index is 13.8. The zero-order chi connectivity index (χ0) is 13.0. The van der Waals surface area contributed by atoms with E-state index in [4.69, 9.17) is 5.73 Å². The molecule has 0 radical (unpaired) electrons. The van der Waals surface area contributed by atoms with Gasteiger partial charge in [-0.3, -0.25) is 4.90 Å². The van der Waals surface area contributed by atoms with Gasteiger partial charge < -0.3 is 5.73 Å². The predicted molar refractivity (Wildman–Crippen MR) is 75.8 cm³/mol. The van der Waals surface area contributed by atoms with Crippen molar-refractivity contribution in [3.63, 3.8) is 0 Å². The van der Waals surface area contributed by atoms with Crippen LogP contribution in [0.15, 0.2) is 22.7 Å². The molecule has 2 nitrogen and oxygen atoms in total. The smallest absolute Gasteiger partial charge is 0.128 e. The fourth-order valence-electron chi connectivity index (χ4n) is 2.66. The lowest BCUT2D eigenvalue weighted by Crippen LogP contribution is -2.35. The maximum Gasteiger partial charge on any atom is 0.128 e. The van der Waals surface area contributed by atoms with Crippen molar-refractivity contribution in [2.45, 2.75) is 25.8 Å². The predicted octanol–water partition coefficient (Wildman–Crippen LogP) is 3.15. The second kappa shape index (κ2) is 6.64. The van der Waals surface area contributed by atoms with Crippen LogP contribution in [0.2, 0.25) is 0 Å². The summed E-state index contributed by atoms with van der Waals surface area (Å²) in [7, 11) is 0. The molecule has 0 amide bonds. The van der Waals surface area contributed by atoms with Gasteiger partial charge in [0.15, 0.2) is 0 Å². The van der Waals surface area contributed by atoms with Gasteiger partial charge in [-0.25, -0.2) is 4.39 Å². The number of nitrogens with zero attached hydrogens (tertiary/aromatic N) is 1. The average Bonchev–Trinajstić information content (AvgIpc) is 2.34. The molecule has 1 saturated heterocycles. The molecule has 100 valence electrons. The van der Waals surface area contributed by atoms with E-state index in [2.05, 4.69) is 20.8 Å². The van der Waals surface area contributed by atoms with Crippen LogP contribution in [0.1, 0.15) is 24.8 Å². The van der Waals surface area contributed by atoms with Gasteiger partial charge in [-0.05, 0) is 50.4 Å². The fourth-order valence-corrected chi connectivity index (χ4v) is 2.99. The summed E-state index contributed by atoms with van der Waals surface area (Å²) < 4.78 is 14.6. The number of piperidine rings is 1. The van der Waals surface area contributed by atoms with Gasteiger partial charge in [0.1, 0.15) is 5.82 Å². The van der Waals surface area contributed by atoms with E-state index in [1.807, 2.05) is 12.1 Å². The van der Waals surface area contributed by atoms with Crippen molar-refractivity contribution < 1.29 is 4.39 Å². The van der Waals surface area contributed by atoms with Gasteiger partial charge >= 0.3 is 0 Å². The first-order valence-electron chi connectivity index (χ1n) is 6.55. The zero-order valence-corrected chi connectivity index (χ0v) is 12.1. The van der Waals surface area contributed by atoms with E-state index < -0.39 is 0 Å². The highest BCUT2D eigenvalue weighted by Crippen LogP contribution is 2.22. The molecule has 1 fully saturated rings. The number of hydrogen-bond acceptors (Lipinski definition) is 2. The molecule has 0 bridgehead atoms. The van der Waals surface area contributed by atoms with Gasteiger partial charge in [0.25, 0.3) is 0 Å². The molecule has 1 unspecified atom stereocenters. The molecular weight excluding hydrogens is 295 g/mol. The lowest BCUT2D eigenvalue weighted by molar-refractivity contribution is 0.161. The molecule has 1 atom stereocenters. The SMILES string of the molecule is NCCC1CCCN(Cc2ccc(Br)cc2F)C1. The lowest BCUT2D eigenvalue weighted by Gasteiger charge is -2.32. The topological polar surface area (TPSA) is 29.3 Å². The maximum atomic E-state index is 13.8. The van der Waals surface area contributed by atoms with Gasteiger partial charge in [-0.15, -0.1) is 0 Å². The summed E-state index contributed by atoms with van der Waals surface area (Å²) in [6, 6.07) is 5.31. The summed E-state index contributed by atoms with van der Waals surface area (Å²) in [5.41, 5.74) is 6.40. The van der Waals surface area contributed by atoms with Crippen LogP contribution >= 0.6 is 15.9 Å². The fraction of sp³-hybridized carbons (Fsp3) is 0.571. The molecule has 18 heavy (non-hydrogen) atoms. The van der Waals surface area contributed by atoms with E-state index in [1.165, 1.54) is 18.9 Å². The quantitative estimate of drug-likeness (QED) is 0.925. The van der Waals surface area contributed by atoms with Crippen LogP contribution in [-0.4, -0.2) is 24.5 Å². The molecular formula is C14H20BrFN2. The van der Waals surface area contributed by atoms with E-state index in [-0.39, 0.29) is 5.82 Å². The Hall–Kier alpha value is -0.450. The van der Waals surface area contributed by atoms with Gasteiger partial charge in [0, 0.05) is 23.1 Å². The summed E-state index contributed by atoms with van der Waals surface area (Å²) in [5, 5.41) is 0. The standard InChI is InChI=1S/C14H20BrFN2/c15-13-4-3-12(14(16)8-13)10-18-7-1-2-11(9-18)5-6-17/h3-4,8,11H,1-2,5-7,9-10,17H2. The van der Waals surface area contributed by atoms with Crippen molar-refractivity contribution in [2.75, 3.05) is 19.6 Å². The Bertz CT molecular complexity index is 395. The highest BCUT2D eigenvalue weighted by atomic mass is 79.9. The van der Waals surface area contributed by atoms with Crippen LogP contribution in [0.25, 0.3) is 0 Å². The van der Waals surface area contributed by atoms with Crippen molar-refractivity contribution in [2.24, 2.45) is 11.7 Å². The van der Waals surface area contributed by atoms with Crippen LogP contribution in [0.3, 0.4) is 0 Å². The highest BCUT2D eigenvalue weighted by Gasteiger charge is 2.20. The molecule has 0 saturated carbocycles. The summed E-state index contributed by atoms with van der Waals surface area (Å²) in [5.74, 6) is 0.563. The normalized spacial score (nSPS) is 21.2. The molecule has 2 N–H and O–H groups in total. The van der Waals surface area contributed by atoms with E-state index in [1.54, 1.807) is 0 Å². The minimum Gasteiger partial charge on any atom is -0.330 e. The number of rotatable bonds is 4. The Morgan fingerprint density at radius 1 is 1.44 bits per heavy atom. The first-order valence-corrected chi connectivity index (χ1v) is 7.34. The summed E-state index contributed by atoms with van der Waals surface area (Å²) in [4.78, 5) is 2.34. The first-order chi connectivity index (χ1) is 8.69. The van der Waals surface area contributed by atoms with Crippen molar-refractivity contribution >= 4 is 15.9 Å². The van der Waals surface area contributed by atoms with Crippen LogP contribution in [-0.2, 0) is 6.54 Å². The van der Waals surface area contributed by atoms with Crippen LogP contribution in [0.4, 0.5) is 4.39 Å². The Labute approximate surface area is 116 Å². The molecule has 1 aliphatic rings. The molecule has 1 aromatic rings. The molecule has 0 aliphatic carbocycles. The highest BCUT2D eigenvalue weighted by molar-refractivity contribution is 9.10. The Kier molecular flexibility index (Phi) is 5.15. The first kappa shape index (κ1) is 14.0. The van der Waals surface area contributed by atoms with Crippen LogP contribution in [0, 0.1) is 11.7 Å². The summed E-state index contributed by atoms with van der Waals surface area (Å²) in [6.45, 7) is 3.58. The zero-order valence-electron chi connectivity index (χ0n) is 10.5. The average molecular weight is 315 g/mol. The molecule has 1 heterocycles. The monoisotopic (exact) mass is 314 g/mol. The number of likely N-dealkylation sites (tertiary alicyclic amines) is 1. The summed E-state index contributed by atoms with van der Waals surface area (Å²) >= 11 is 3.28. The van der Waals surface area contributed by atoms with E-state index in [0.29, 0.717) is 12.5 Å². The van der Waals surface area contributed by atoms with Gasteiger partial charge in [0.05, 0.1) is 0 Å². The third-order valence-corrected chi connectivity index (χ3v) is 4.08. The molecule has 1 aliphatic heterocycles. The molecule has 0 spiro atoms. The minimum atomic E-state index is -0.120. The second-order valence-electron chi connectivity index (χ2n) is 5.06. The Morgan fingerprint density at radius 2 is 2.28 bits per heavy atom. The third-order valence-electron chi connectivity index (χ3n) is 3.59. The van der Waals surface area contributed by atoms with Crippen molar-refractivity contribution in [1.29, 1.82) is 0 Å². The number of benzene rings is 1. The Balaban J connectivity index is 1.96.